The van der Waals surface area contributed by atoms with Crippen molar-refractivity contribution in [3.05, 3.63) is 88.1 Å². The number of sulfone groups is 1. The van der Waals surface area contributed by atoms with Crippen molar-refractivity contribution < 1.29 is 26.8 Å². The van der Waals surface area contributed by atoms with Crippen molar-refractivity contribution >= 4 is 50.6 Å². The highest BCUT2D eigenvalue weighted by molar-refractivity contribution is 7.91. The maximum absolute atomic E-state index is 14.9. The first-order valence-corrected chi connectivity index (χ1v) is 13.1. The highest BCUT2D eigenvalue weighted by Crippen LogP contribution is 2.22. The van der Waals surface area contributed by atoms with E-state index in [1.54, 1.807) is 0 Å². The molecule has 1 aliphatic heterocycles. The second-order valence-electron chi connectivity index (χ2n) is 8.14. The fourth-order valence-corrected chi connectivity index (χ4v) is 4.91. The minimum absolute atomic E-state index is 0.0611. The van der Waals surface area contributed by atoms with E-state index in [0.717, 1.165) is 18.2 Å². The molecule has 0 bridgehead atoms. The molecule has 0 radical (unpaired) electrons. The van der Waals surface area contributed by atoms with Crippen LogP contribution in [-0.2, 0) is 9.84 Å². The fraction of sp³-hybridized carbons (Fsp3) is 0.167. The number of hydrogen-bond acceptors (Lipinski definition) is 6. The van der Waals surface area contributed by atoms with E-state index < -0.39 is 33.3 Å². The number of hydrogen-bond donors (Lipinski definition) is 3. The fourth-order valence-electron chi connectivity index (χ4n) is 3.60. The predicted molar refractivity (Wildman–Crippen MR) is 135 cm³/mol. The second-order valence-corrected chi connectivity index (χ2v) is 10.9. The van der Waals surface area contributed by atoms with Gasteiger partial charge in [0, 0.05) is 24.8 Å². The average molecular weight is 548 g/mol. The van der Waals surface area contributed by atoms with Gasteiger partial charge in [0.25, 0.3) is 11.8 Å². The van der Waals surface area contributed by atoms with Crippen LogP contribution in [0.1, 0.15) is 26.3 Å². The average Bonchev–Trinajstić information content (AvgIpc) is 2.86. The van der Waals surface area contributed by atoms with Gasteiger partial charge in [-0.3, -0.25) is 15.0 Å². The number of rotatable bonds is 5. The van der Waals surface area contributed by atoms with Crippen LogP contribution in [0.25, 0.3) is 0 Å². The lowest BCUT2D eigenvalue weighted by molar-refractivity contribution is 0.102. The minimum atomic E-state index is -3.15. The molecule has 1 fully saturated rings. The maximum atomic E-state index is 14.9. The van der Waals surface area contributed by atoms with Crippen LogP contribution in [0.4, 0.5) is 20.3 Å². The van der Waals surface area contributed by atoms with Gasteiger partial charge in [-0.15, -0.1) is 0 Å². The van der Waals surface area contributed by atoms with Crippen molar-refractivity contribution in [3.63, 3.8) is 0 Å². The minimum Gasteiger partial charge on any atom is -0.355 e. The first-order chi connectivity index (χ1) is 17.5. The van der Waals surface area contributed by atoms with E-state index in [2.05, 4.69) is 15.6 Å². The van der Waals surface area contributed by atoms with Crippen molar-refractivity contribution in [2.45, 2.75) is 0 Å². The molecule has 9 nitrogen and oxygen atoms in total. The van der Waals surface area contributed by atoms with Gasteiger partial charge in [0.15, 0.2) is 9.84 Å². The van der Waals surface area contributed by atoms with Crippen LogP contribution in [-0.4, -0.2) is 60.5 Å². The summed E-state index contributed by atoms with van der Waals surface area (Å²) in [4.78, 5) is 31.0. The molecule has 4 rings (SSSR count). The van der Waals surface area contributed by atoms with E-state index in [9.17, 15) is 26.8 Å². The second kappa shape index (κ2) is 10.6. The van der Waals surface area contributed by atoms with Crippen molar-refractivity contribution in [2.75, 3.05) is 35.2 Å². The zero-order valence-corrected chi connectivity index (χ0v) is 20.7. The maximum Gasteiger partial charge on any atom is 0.259 e. The molecule has 37 heavy (non-hydrogen) atoms. The molecule has 192 valence electrons. The first-order valence-electron chi connectivity index (χ1n) is 10.9. The number of aromatic nitrogens is 1. The molecule has 1 aliphatic rings. The Morgan fingerprint density at radius 1 is 0.946 bits per heavy atom. The van der Waals surface area contributed by atoms with Crippen molar-refractivity contribution in [3.8, 4) is 0 Å². The molecule has 13 heteroatoms. The van der Waals surface area contributed by atoms with E-state index in [4.69, 9.17) is 17.0 Å². The summed E-state index contributed by atoms with van der Waals surface area (Å²) in [6, 6.07) is 9.61. The van der Waals surface area contributed by atoms with Crippen molar-refractivity contribution in [1.82, 2.24) is 9.88 Å². The first kappa shape index (κ1) is 26.2. The monoisotopic (exact) mass is 547 g/mol. The number of benzene rings is 2. The Balaban J connectivity index is 1.50. The van der Waals surface area contributed by atoms with Gasteiger partial charge in [0.1, 0.15) is 23.3 Å². The summed E-state index contributed by atoms with van der Waals surface area (Å²) in [6.45, 7) is 0.234. The summed E-state index contributed by atoms with van der Waals surface area (Å²) in [7, 11) is -3.15. The number of anilines is 2. The van der Waals surface area contributed by atoms with E-state index in [-0.39, 0.29) is 58.6 Å². The SMILES string of the molecule is N=C(c1ccc(C(=O)Nc2ccc(F)cc2C(=O)Nc2ccc(Cl)cn2)c(F)c1)N1CCS(=O)(=O)CC1. The predicted octanol–water partition coefficient (Wildman–Crippen LogP) is 3.57. The quantitative estimate of drug-likeness (QED) is 0.330. The molecule has 0 atom stereocenters. The Kier molecular flexibility index (Phi) is 7.50. The molecule has 2 amide bonds. The summed E-state index contributed by atoms with van der Waals surface area (Å²) >= 11 is 5.78. The number of amidine groups is 1. The number of nitrogens with one attached hydrogen (secondary N) is 3. The topological polar surface area (TPSA) is 132 Å². The summed E-state index contributed by atoms with van der Waals surface area (Å²) in [5.74, 6) is -3.43. The van der Waals surface area contributed by atoms with Crippen molar-refractivity contribution in [1.29, 1.82) is 5.41 Å². The molecule has 0 aliphatic carbocycles. The lowest BCUT2D eigenvalue weighted by atomic mass is 10.1. The van der Waals surface area contributed by atoms with E-state index in [1.165, 1.54) is 41.4 Å². The van der Waals surface area contributed by atoms with Crippen LogP contribution in [0, 0.1) is 17.0 Å². The Hall–Kier alpha value is -3.90. The Morgan fingerprint density at radius 3 is 2.30 bits per heavy atom. The number of amides is 2. The lowest BCUT2D eigenvalue weighted by Gasteiger charge is -2.29. The third-order valence-electron chi connectivity index (χ3n) is 5.59. The van der Waals surface area contributed by atoms with Gasteiger partial charge in [0.05, 0.1) is 33.3 Å². The Morgan fingerprint density at radius 2 is 1.65 bits per heavy atom. The van der Waals surface area contributed by atoms with Crippen LogP contribution >= 0.6 is 11.6 Å². The standard InChI is InChI=1S/C24H20ClF2N5O4S/c25-15-2-6-21(29-13-15)31-24(34)18-12-16(26)3-5-20(18)30-23(33)17-4-1-14(11-19(17)27)22(28)32-7-9-37(35,36)10-8-32/h1-6,11-13,28H,7-10H2,(H,30,33)(H,29,31,34). The van der Waals surface area contributed by atoms with Crippen LogP contribution in [0.3, 0.4) is 0 Å². The third-order valence-corrected chi connectivity index (χ3v) is 7.42. The van der Waals surface area contributed by atoms with Gasteiger partial charge in [-0.2, -0.15) is 0 Å². The molecule has 3 N–H and O–H groups in total. The van der Waals surface area contributed by atoms with E-state index in [1.807, 2.05) is 0 Å². The van der Waals surface area contributed by atoms with Gasteiger partial charge in [-0.25, -0.2) is 22.2 Å². The van der Waals surface area contributed by atoms with Crippen LogP contribution in [0.5, 0.6) is 0 Å². The molecule has 1 aromatic heterocycles. The zero-order valence-electron chi connectivity index (χ0n) is 19.1. The number of carbonyl (C=O) groups is 2. The van der Waals surface area contributed by atoms with Gasteiger partial charge in [-0.1, -0.05) is 17.7 Å². The largest absolute Gasteiger partial charge is 0.355 e. The third kappa shape index (κ3) is 6.27. The number of nitrogens with zero attached hydrogens (tertiary/aromatic N) is 2. The molecule has 0 saturated carbocycles. The molecular weight excluding hydrogens is 528 g/mol. The molecule has 2 aromatic carbocycles. The zero-order chi connectivity index (χ0) is 26.7. The Labute approximate surface area is 215 Å². The summed E-state index contributed by atoms with van der Waals surface area (Å²) in [5.41, 5.74) is -0.481. The smallest absolute Gasteiger partial charge is 0.259 e. The number of carbonyl (C=O) groups excluding carboxylic acids is 2. The van der Waals surface area contributed by atoms with E-state index >= 15 is 0 Å². The van der Waals surface area contributed by atoms with Gasteiger partial charge < -0.3 is 15.5 Å². The molecule has 1 saturated heterocycles. The molecule has 0 unspecified atom stereocenters. The van der Waals surface area contributed by atoms with Gasteiger partial charge in [-0.05, 0) is 42.5 Å². The molecule has 3 aromatic rings. The lowest BCUT2D eigenvalue weighted by Crippen LogP contribution is -2.43. The molecular formula is C24H20ClF2N5O4S. The normalized spacial score (nSPS) is 14.6. The number of halogens is 3. The molecule has 2 heterocycles. The van der Waals surface area contributed by atoms with Crippen LogP contribution in [0.15, 0.2) is 54.7 Å². The summed E-state index contributed by atoms with van der Waals surface area (Å²) in [6.07, 6.45) is 1.31. The van der Waals surface area contributed by atoms with E-state index in [0.29, 0.717) is 5.02 Å². The molecule has 0 spiro atoms. The Bertz CT molecular complexity index is 1490. The highest BCUT2D eigenvalue weighted by atomic mass is 35.5. The van der Waals surface area contributed by atoms with Crippen molar-refractivity contribution in [2.24, 2.45) is 0 Å². The highest BCUT2D eigenvalue weighted by Gasteiger charge is 2.25. The van der Waals surface area contributed by atoms with Crippen LogP contribution in [0.2, 0.25) is 5.02 Å². The van der Waals surface area contributed by atoms with Gasteiger partial charge in [0.2, 0.25) is 0 Å². The van der Waals surface area contributed by atoms with Gasteiger partial charge >= 0.3 is 0 Å². The number of pyridine rings is 1. The van der Waals surface area contributed by atoms with Crippen LogP contribution < -0.4 is 10.6 Å². The summed E-state index contributed by atoms with van der Waals surface area (Å²) in [5, 5.41) is 13.5. The summed E-state index contributed by atoms with van der Waals surface area (Å²) < 4.78 is 52.0.